The molecule has 3 N–H and O–H groups in total. The largest absolute Gasteiger partial charge is 0.382 e. The summed E-state index contributed by atoms with van der Waals surface area (Å²) in [6.07, 6.45) is 3.87. The van der Waals surface area contributed by atoms with Crippen molar-refractivity contribution in [1.82, 2.24) is 20.2 Å². The Bertz CT molecular complexity index is 490. The Hall–Kier alpha value is -1.73. The van der Waals surface area contributed by atoms with E-state index in [1.807, 2.05) is 0 Å². The van der Waals surface area contributed by atoms with Crippen molar-refractivity contribution in [2.75, 3.05) is 38.6 Å². The van der Waals surface area contributed by atoms with Crippen LogP contribution in [0.3, 0.4) is 0 Å². The second-order valence-corrected chi connectivity index (χ2v) is 5.42. The highest BCUT2D eigenvalue weighted by Gasteiger charge is 2.32. The van der Waals surface area contributed by atoms with Gasteiger partial charge in [-0.1, -0.05) is 6.92 Å². The normalized spacial score (nSPS) is 19.0. The predicted octanol–water partition coefficient (Wildman–Crippen LogP) is 0.290. The number of carbonyl (C=O) groups excluding carboxylic acids is 1. The highest BCUT2D eigenvalue weighted by Crippen LogP contribution is 2.20. The van der Waals surface area contributed by atoms with Gasteiger partial charge in [-0.2, -0.15) is 0 Å². The Morgan fingerprint density at radius 2 is 2.10 bits per heavy atom. The molecule has 1 fully saturated rings. The topological polar surface area (TPSA) is 93.4 Å². The van der Waals surface area contributed by atoms with Gasteiger partial charge >= 0.3 is 0 Å². The van der Waals surface area contributed by atoms with E-state index in [1.54, 1.807) is 0 Å². The number of amides is 1. The molecule has 7 nitrogen and oxygen atoms in total. The van der Waals surface area contributed by atoms with E-state index >= 15 is 0 Å². The summed E-state index contributed by atoms with van der Waals surface area (Å²) in [7, 11) is 0. The van der Waals surface area contributed by atoms with Gasteiger partial charge in [-0.05, 0) is 13.3 Å². The Labute approximate surface area is 124 Å². The molecule has 1 aromatic heterocycles. The molecule has 1 saturated heterocycles. The van der Waals surface area contributed by atoms with Gasteiger partial charge in [0.1, 0.15) is 0 Å². The van der Waals surface area contributed by atoms with Gasteiger partial charge in [-0.15, -0.1) is 0 Å². The molecule has 0 radical (unpaired) electrons. The molecule has 1 unspecified atom stereocenters. The van der Waals surface area contributed by atoms with E-state index in [0.717, 1.165) is 32.7 Å². The van der Waals surface area contributed by atoms with Crippen molar-refractivity contribution in [1.29, 1.82) is 0 Å². The first-order valence-electron chi connectivity index (χ1n) is 7.24. The van der Waals surface area contributed by atoms with Crippen LogP contribution in [-0.4, -0.2) is 59.2 Å². The van der Waals surface area contributed by atoms with E-state index in [9.17, 15) is 4.79 Å². The number of hydrogen-bond donors (Lipinski definition) is 2. The lowest BCUT2D eigenvalue weighted by molar-refractivity contribution is -0.0169. The average Bonchev–Trinajstić information content (AvgIpc) is 2.53. The molecule has 0 saturated carbocycles. The number of nitrogens with two attached hydrogens (primary N) is 1. The molecule has 7 heteroatoms. The molecule has 2 heterocycles. The molecule has 1 amide bonds. The summed E-state index contributed by atoms with van der Waals surface area (Å²) in [6, 6.07) is 0. The lowest BCUT2D eigenvalue weighted by Crippen LogP contribution is -2.56. The van der Waals surface area contributed by atoms with Gasteiger partial charge in [0.2, 0.25) is 0 Å². The van der Waals surface area contributed by atoms with Crippen LogP contribution < -0.4 is 11.1 Å². The van der Waals surface area contributed by atoms with Crippen LogP contribution in [0.1, 0.15) is 30.8 Å². The SMILES string of the molecule is CCC(C)(CNC(=O)c1nccnc1N)N1CCOCC1. The van der Waals surface area contributed by atoms with Crippen LogP contribution in [0, 0.1) is 0 Å². The summed E-state index contributed by atoms with van der Waals surface area (Å²) in [6.45, 7) is 8.05. The van der Waals surface area contributed by atoms with Crippen molar-refractivity contribution in [2.45, 2.75) is 25.8 Å². The maximum atomic E-state index is 12.2. The second kappa shape index (κ2) is 6.82. The van der Waals surface area contributed by atoms with Crippen LogP contribution in [0.25, 0.3) is 0 Å². The molecule has 1 atom stereocenters. The van der Waals surface area contributed by atoms with Gasteiger partial charge in [-0.3, -0.25) is 9.69 Å². The molecule has 1 aliphatic heterocycles. The number of nitrogens with one attached hydrogen (secondary N) is 1. The third-order valence-corrected chi connectivity index (χ3v) is 4.11. The predicted molar refractivity (Wildman–Crippen MR) is 79.9 cm³/mol. The van der Waals surface area contributed by atoms with Crippen LogP contribution in [0.2, 0.25) is 0 Å². The zero-order valence-corrected chi connectivity index (χ0v) is 12.6. The van der Waals surface area contributed by atoms with Crippen molar-refractivity contribution >= 4 is 11.7 Å². The van der Waals surface area contributed by atoms with E-state index < -0.39 is 0 Å². The van der Waals surface area contributed by atoms with E-state index in [0.29, 0.717) is 6.54 Å². The quantitative estimate of drug-likeness (QED) is 0.810. The van der Waals surface area contributed by atoms with Gasteiger partial charge < -0.3 is 15.8 Å². The number of rotatable bonds is 5. The Balaban J connectivity index is 1.99. The number of carbonyl (C=O) groups is 1. The van der Waals surface area contributed by atoms with Crippen LogP contribution in [0.15, 0.2) is 12.4 Å². The minimum absolute atomic E-state index is 0.101. The van der Waals surface area contributed by atoms with Crippen LogP contribution >= 0.6 is 0 Å². The Kier molecular flexibility index (Phi) is 5.08. The van der Waals surface area contributed by atoms with E-state index in [4.69, 9.17) is 10.5 Å². The maximum Gasteiger partial charge on any atom is 0.273 e. The molecule has 1 aromatic rings. The second-order valence-electron chi connectivity index (χ2n) is 5.42. The number of hydrogen-bond acceptors (Lipinski definition) is 6. The van der Waals surface area contributed by atoms with Crippen molar-refractivity contribution in [2.24, 2.45) is 0 Å². The summed E-state index contributed by atoms with van der Waals surface area (Å²) in [5.41, 5.74) is 5.75. The van der Waals surface area contributed by atoms with Crippen LogP contribution in [-0.2, 0) is 4.74 Å². The van der Waals surface area contributed by atoms with Gasteiger partial charge in [0, 0.05) is 37.6 Å². The average molecular weight is 293 g/mol. The molecule has 0 bridgehead atoms. The molecule has 0 aliphatic carbocycles. The number of nitrogens with zero attached hydrogens (tertiary/aromatic N) is 3. The van der Waals surface area contributed by atoms with Crippen LogP contribution in [0.4, 0.5) is 5.82 Å². The Morgan fingerprint density at radius 3 is 2.71 bits per heavy atom. The first-order valence-corrected chi connectivity index (χ1v) is 7.24. The Morgan fingerprint density at radius 1 is 1.43 bits per heavy atom. The summed E-state index contributed by atoms with van der Waals surface area (Å²) in [5, 5.41) is 2.92. The fourth-order valence-corrected chi connectivity index (χ4v) is 2.44. The van der Waals surface area contributed by atoms with Crippen LogP contribution in [0.5, 0.6) is 0 Å². The molecular formula is C14H23N5O2. The third kappa shape index (κ3) is 3.68. The fraction of sp³-hybridized carbons (Fsp3) is 0.643. The fourth-order valence-electron chi connectivity index (χ4n) is 2.44. The van der Waals surface area contributed by atoms with Crippen molar-refractivity contribution in [3.05, 3.63) is 18.1 Å². The molecule has 21 heavy (non-hydrogen) atoms. The maximum absolute atomic E-state index is 12.2. The summed E-state index contributed by atoms with van der Waals surface area (Å²) >= 11 is 0. The standard InChI is InChI=1S/C14H23N5O2/c1-3-14(2,19-6-8-21-9-7-19)10-18-13(20)11-12(15)17-5-4-16-11/h4-5H,3,6-10H2,1-2H3,(H2,15,17)(H,18,20). The first-order chi connectivity index (χ1) is 10.1. The molecule has 116 valence electrons. The van der Waals surface area contributed by atoms with Gasteiger partial charge in [0.15, 0.2) is 11.5 Å². The summed E-state index contributed by atoms with van der Waals surface area (Å²) < 4.78 is 5.39. The zero-order valence-electron chi connectivity index (χ0n) is 12.6. The van der Waals surface area contributed by atoms with Crippen molar-refractivity contribution in [3.8, 4) is 0 Å². The lowest BCUT2D eigenvalue weighted by atomic mass is 9.95. The molecule has 0 spiro atoms. The van der Waals surface area contributed by atoms with E-state index in [2.05, 4.69) is 34.0 Å². The minimum atomic E-state index is -0.284. The highest BCUT2D eigenvalue weighted by molar-refractivity contribution is 5.96. The van der Waals surface area contributed by atoms with Gasteiger partial charge in [-0.25, -0.2) is 9.97 Å². The molecule has 1 aliphatic rings. The summed E-state index contributed by atoms with van der Waals surface area (Å²) in [4.78, 5) is 22.4. The van der Waals surface area contributed by atoms with E-state index in [1.165, 1.54) is 12.4 Å². The van der Waals surface area contributed by atoms with E-state index in [-0.39, 0.29) is 23.0 Å². The lowest BCUT2D eigenvalue weighted by Gasteiger charge is -2.43. The molecule has 0 aromatic carbocycles. The number of nitrogen functional groups attached to an aromatic ring is 1. The smallest absolute Gasteiger partial charge is 0.273 e. The number of aromatic nitrogens is 2. The zero-order chi connectivity index (χ0) is 15.3. The highest BCUT2D eigenvalue weighted by atomic mass is 16.5. The van der Waals surface area contributed by atoms with Crippen molar-refractivity contribution < 1.29 is 9.53 Å². The summed E-state index contributed by atoms with van der Waals surface area (Å²) in [5.74, 6) is -0.131. The van der Waals surface area contributed by atoms with Crippen molar-refractivity contribution in [3.63, 3.8) is 0 Å². The number of anilines is 1. The minimum Gasteiger partial charge on any atom is -0.382 e. The number of ether oxygens (including phenoxy) is 1. The molecule has 2 rings (SSSR count). The first kappa shape index (κ1) is 15.7. The monoisotopic (exact) mass is 293 g/mol. The van der Waals surface area contributed by atoms with Gasteiger partial charge in [0.05, 0.1) is 13.2 Å². The van der Waals surface area contributed by atoms with Gasteiger partial charge in [0.25, 0.3) is 5.91 Å². The number of morpholine rings is 1. The third-order valence-electron chi connectivity index (χ3n) is 4.11. The molecular weight excluding hydrogens is 270 g/mol.